The third kappa shape index (κ3) is 3.19. The molecule has 16 heavy (non-hydrogen) atoms. The second-order valence-electron chi connectivity index (χ2n) is 5.37. The summed E-state index contributed by atoms with van der Waals surface area (Å²) in [7, 11) is 0. The molecule has 3 nitrogen and oxygen atoms in total. The number of nitrogens with one attached hydrogen (secondary N) is 2. The zero-order valence-electron chi connectivity index (χ0n) is 10.6. The van der Waals surface area contributed by atoms with E-state index < -0.39 is 0 Å². The number of hydrogen-bond donors (Lipinski definition) is 2. The molecule has 1 saturated carbocycles. The van der Waals surface area contributed by atoms with Gasteiger partial charge >= 0.3 is 0 Å². The summed E-state index contributed by atoms with van der Waals surface area (Å²) >= 11 is 0. The van der Waals surface area contributed by atoms with Crippen LogP contribution in [0.3, 0.4) is 0 Å². The van der Waals surface area contributed by atoms with Crippen molar-refractivity contribution >= 4 is 0 Å². The summed E-state index contributed by atoms with van der Waals surface area (Å²) in [6.45, 7) is 7.57. The maximum Gasteiger partial charge on any atom is 0.0712 e. The highest BCUT2D eigenvalue weighted by Gasteiger charge is 2.34. The quantitative estimate of drug-likeness (QED) is 0.674. The lowest BCUT2D eigenvalue weighted by molar-refractivity contribution is 0.0227. The van der Waals surface area contributed by atoms with E-state index in [-0.39, 0.29) is 0 Å². The van der Waals surface area contributed by atoms with Crippen molar-refractivity contribution in [3.63, 3.8) is 0 Å². The monoisotopic (exact) mass is 226 g/mol. The van der Waals surface area contributed by atoms with Crippen LogP contribution >= 0.6 is 0 Å². The summed E-state index contributed by atoms with van der Waals surface area (Å²) in [4.78, 5) is 0. The van der Waals surface area contributed by atoms with Gasteiger partial charge in [0.2, 0.25) is 0 Å². The Morgan fingerprint density at radius 1 is 1.44 bits per heavy atom. The molecule has 0 spiro atoms. The first-order valence-electron chi connectivity index (χ1n) is 6.88. The minimum atomic E-state index is 0.431. The standard InChI is InChI=1S/C13H26N2O/c1-2-13(5-3-6-13)11-15-7-4-12-10-14-8-9-16-12/h12,14-15H,2-11H2,1H3. The summed E-state index contributed by atoms with van der Waals surface area (Å²) in [5.74, 6) is 0. The molecule has 2 aliphatic rings. The van der Waals surface area contributed by atoms with Crippen molar-refractivity contribution in [2.24, 2.45) is 5.41 Å². The molecular weight excluding hydrogens is 200 g/mol. The van der Waals surface area contributed by atoms with Gasteiger partial charge < -0.3 is 15.4 Å². The Balaban J connectivity index is 1.54. The first-order chi connectivity index (χ1) is 7.85. The Bertz CT molecular complexity index is 193. The van der Waals surface area contributed by atoms with E-state index in [9.17, 15) is 0 Å². The molecule has 94 valence electrons. The van der Waals surface area contributed by atoms with E-state index in [4.69, 9.17) is 4.74 Å². The second-order valence-corrected chi connectivity index (χ2v) is 5.37. The molecule has 0 aromatic carbocycles. The first kappa shape index (κ1) is 12.3. The highest BCUT2D eigenvalue weighted by Crippen LogP contribution is 2.42. The van der Waals surface area contributed by atoms with Crippen LogP contribution in [0.1, 0.15) is 39.0 Å². The molecule has 0 bridgehead atoms. The van der Waals surface area contributed by atoms with E-state index in [1.54, 1.807) is 0 Å². The fourth-order valence-electron chi connectivity index (χ4n) is 2.75. The number of hydrogen-bond acceptors (Lipinski definition) is 3. The molecule has 1 atom stereocenters. The topological polar surface area (TPSA) is 33.3 Å². The van der Waals surface area contributed by atoms with E-state index in [1.807, 2.05) is 0 Å². The van der Waals surface area contributed by atoms with Gasteiger partial charge in [-0.1, -0.05) is 13.3 Å². The highest BCUT2D eigenvalue weighted by atomic mass is 16.5. The molecule has 1 aliphatic carbocycles. The zero-order valence-corrected chi connectivity index (χ0v) is 10.6. The van der Waals surface area contributed by atoms with Crippen LogP contribution in [0, 0.1) is 5.41 Å². The summed E-state index contributed by atoms with van der Waals surface area (Å²) in [5, 5.41) is 6.99. The Kier molecular flexibility index (Phi) is 4.62. The smallest absolute Gasteiger partial charge is 0.0712 e. The van der Waals surface area contributed by atoms with Gasteiger partial charge in [0.25, 0.3) is 0 Å². The van der Waals surface area contributed by atoms with Crippen molar-refractivity contribution in [3.05, 3.63) is 0 Å². The minimum Gasteiger partial charge on any atom is -0.376 e. The van der Waals surface area contributed by atoms with Crippen LogP contribution in [0.5, 0.6) is 0 Å². The van der Waals surface area contributed by atoms with E-state index in [0.29, 0.717) is 11.5 Å². The van der Waals surface area contributed by atoms with Crippen molar-refractivity contribution in [3.8, 4) is 0 Å². The van der Waals surface area contributed by atoms with Gasteiger partial charge in [0.15, 0.2) is 0 Å². The maximum absolute atomic E-state index is 5.67. The second kappa shape index (κ2) is 5.99. The fraction of sp³-hybridized carbons (Fsp3) is 1.00. The van der Waals surface area contributed by atoms with Crippen LogP contribution in [0.2, 0.25) is 0 Å². The van der Waals surface area contributed by atoms with E-state index in [0.717, 1.165) is 32.7 Å². The molecule has 1 heterocycles. The molecule has 0 radical (unpaired) electrons. The predicted octanol–water partition coefficient (Wildman–Crippen LogP) is 1.53. The van der Waals surface area contributed by atoms with Gasteiger partial charge in [0.1, 0.15) is 0 Å². The molecule has 0 amide bonds. The molecule has 2 fully saturated rings. The minimum absolute atomic E-state index is 0.431. The Morgan fingerprint density at radius 2 is 2.31 bits per heavy atom. The van der Waals surface area contributed by atoms with Gasteiger partial charge in [-0.15, -0.1) is 0 Å². The molecule has 2 N–H and O–H groups in total. The van der Waals surface area contributed by atoms with E-state index in [1.165, 1.54) is 32.2 Å². The van der Waals surface area contributed by atoms with Gasteiger partial charge in [-0.05, 0) is 37.6 Å². The normalized spacial score (nSPS) is 28.7. The first-order valence-corrected chi connectivity index (χ1v) is 6.88. The lowest BCUT2D eigenvalue weighted by atomic mass is 9.67. The van der Waals surface area contributed by atoms with Crippen LogP contribution < -0.4 is 10.6 Å². The lowest BCUT2D eigenvalue weighted by Crippen LogP contribution is -2.42. The van der Waals surface area contributed by atoms with Gasteiger partial charge in [-0.25, -0.2) is 0 Å². The summed E-state index contributed by atoms with van der Waals surface area (Å²) < 4.78 is 5.67. The van der Waals surface area contributed by atoms with E-state index >= 15 is 0 Å². The Hall–Kier alpha value is -0.120. The number of morpholine rings is 1. The third-order valence-corrected chi connectivity index (χ3v) is 4.31. The molecule has 3 heteroatoms. The third-order valence-electron chi connectivity index (χ3n) is 4.31. The number of ether oxygens (including phenoxy) is 1. The molecule has 1 saturated heterocycles. The summed E-state index contributed by atoms with van der Waals surface area (Å²) in [6, 6.07) is 0. The maximum atomic E-state index is 5.67. The molecule has 1 unspecified atom stereocenters. The van der Waals surface area contributed by atoms with Crippen LogP contribution in [0.4, 0.5) is 0 Å². The molecule has 2 rings (SSSR count). The van der Waals surface area contributed by atoms with Crippen LogP contribution in [0.15, 0.2) is 0 Å². The van der Waals surface area contributed by atoms with E-state index in [2.05, 4.69) is 17.6 Å². The van der Waals surface area contributed by atoms with Gasteiger partial charge in [-0.2, -0.15) is 0 Å². The average Bonchev–Trinajstić information content (AvgIpc) is 2.29. The van der Waals surface area contributed by atoms with Crippen molar-refractivity contribution in [1.29, 1.82) is 0 Å². The SMILES string of the molecule is CCC1(CNCCC2CNCCO2)CCC1. The Morgan fingerprint density at radius 3 is 2.88 bits per heavy atom. The van der Waals surface area contributed by atoms with Crippen molar-refractivity contribution in [2.75, 3.05) is 32.8 Å². The summed E-state index contributed by atoms with van der Waals surface area (Å²) in [5.41, 5.74) is 0.645. The molecule has 0 aromatic rings. The molecule has 0 aromatic heterocycles. The largest absolute Gasteiger partial charge is 0.376 e. The lowest BCUT2D eigenvalue weighted by Gasteiger charge is -2.41. The summed E-state index contributed by atoms with van der Waals surface area (Å²) in [6.07, 6.45) is 7.20. The predicted molar refractivity (Wildman–Crippen MR) is 66.7 cm³/mol. The average molecular weight is 226 g/mol. The molecular formula is C13H26N2O. The zero-order chi connectivity index (χ0) is 11.3. The van der Waals surface area contributed by atoms with Crippen LogP contribution in [0.25, 0.3) is 0 Å². The van der Waals surface area contributed by atoms with Crippen molar-refractivity contribution in [1.82, 2.24) is 10.6 Å². The van der Waals surface area contributed by atoms with Crippen LogP contribution in [-0.4, -0.2) is 38.9 Å². The van der Waals surface area contributed by atoms with Crippen molar-refractivity contribution < 1.29 is 4.74 Å². The fourth-order valence-corrected chi connectivity index (χ4v) is 2.75. The Labute approximate surface area is 99.3 Å². The number of rotatable bonds is 6. The van der Waals surface area contributed by atoms with Crippen LogP contribution in [-0.2, 0) is 4.74 Å². The van der Waals surface area contributed by atoms with Gasteiger partial charge in [0, 0.05) is 19.6 Å². The highest BCUT2D eigenvalue weighted by molar-refractivity contribution is 4.88. The van der Waals surface area contributed by atoms with Gasteiger partial charge in [-0.3, -0.25) is 0 Å². The van der Waals surface area contributed by atoms with Crippen molar-refractivity contribution in [2.45, 2.75) is 45.1 Å². The molecule has 1 aliphatic heterocycles. The van der Waals surface area contributed by atoms with Gasteiger partial charge in [0.05, 0.1) is 12.7 Å².